The van der Waals surface area contributed by atoms with Crippen molar-refractivity contribution in [2.75, 3.05) is 37.9 Å². The van der Waals surface area contributed by atoms with Gasteiger partial charge in [0, 0.05) is 11.5 Å². The Bertz CT molecular complexity index is 1260. The minimum atomic E-state index is -3.94. The van der Waals surface area contributed by atoms with Crippen LogP contribution in [-0.4, -0.2) is 59.8 Å². The van der Waals surface area contributed by atoms with Crippen molar-refractivity contribution in [2.24, 2.45) is 5.16 Å². The largest absolute Gasteiger partial charge is 0.378 e. The standard InChI is InChI=1S/C24H32N2O8S4/c1-19-5-9-23(10-6-19)37(27,28)33-25-21(3)35-17-15-31-13-14-32-16-18-36-22(4)26-34-38(29,30)24-11-7-20(2)8-12-24/h5-12,25H,3,13-18H2,1-2,4H3. The Morgan fingerprint density at radius 1 is 0.789 bits per heavy atom. The minimum Gasteiger partial charge on any atom is -0.378 e. The van der Waals surface area contributed by atoms with Crippen LogP contribution in [0.15, 0.2) is 75.1 Å². The highest BCUT2D eigenvalue weighted by atomic mass is 32.2. The lowest BCUT2D eigenvalue weighted by Crippen LogP contribution is -2.18. The maximum absolute atomic E-state index is 12.1. The fraction of sp³-hybridized carbons (Fsp3) is 0.375. The molecule has 0 fully saturated rings. The lowest BCUT2D eigenvalue weighted by atomic mass is 10.2. The summed E-state index contributed by atoms with van der Waals surface area (Å²) in [5.74, 6) is 1.10. The first-order chi connectivity index (χ1) is 18.0. The highest BCUT2D eigenvalue weighted by molar-refractivity contribution is 8.13. The zero-order valence-electron chi connectivity index (χ0n) is 21.4. The number of aryl methyl sites for hydroxylation is 2. The molecule has 2 rings (SSSR count). The van der Waals surface area contributed by atoms with Crippen LogP contribution in [0, 0.1) is 13.8 Å². The van der Waals surface area contributed by atoms with Crippen LogP contribution in [0.5, 0.6) is 0 Å². The van der Waals surface area contributed by atoms with Gasteiger partial charge in [0.15, 0.2) is 0 Å². The molecule has 1 N–H and O–H groups in total. The van der Waals surface area contributed by atoms with Crippen molar-refractivity contribution in [1.82, 2.24) is 5.48 Å². The monoisotopic (exact) mass is 604 g/mol. The van der Waals surface area contributed by atoms with Crippen molar-refractivity contribution in [1.29, 1.82) is 0 Å². The molecule has 2 aromatic carbocycles. The molecule has 0 saturated heterocycles. The molecule has 0 saturated carbocycles. The van der Waals surface area contributed by atoms with Gasteiger partial charge in [-0.1, -0.05) is 47.1 Å². The second-order valence-corrected chi connectivity index (χ2v) is 13.3. The van der Waals surface area contributed by atoms with E-state index in [2.05, 4.69) is 17.2 Å². The Balaban J connectivity index is 1.49. The molecular formula is C24H32N2O8S4. The van der Waals surface area contributed by atoms with Gasteiger partial charge in [-0.05, 0) is 45.0 Å². The number of ether oxygens (including phenoxy) is 2. The SMILES string of the molecule is C=C(NOS(=O)(=O)c1ccc(C)cc1)SCCOCCOCCSC(C)=NOS(=O)(=O)c1ccc(C)cc1. The Labute approximate surface area is 233 Å². The van der Waals surface area contributed by atoms with E-state index in [1.165, 1.54) is 47.8 Å². The average Bonchev–Trinajstić information content (AvgIpc) is 2.88. The van der Waals surface area contributed by atoms with E-state index in [-0.39, 0.29) is 9.79 Å². The average molecular weight is 605 g/mol. The van der Waals surface area contributed by atoms with Crippen molar-refractivity contribution < 1.29 is 34.9 Å². The van der Waals surface area contributed by atoms with Gasteiger partial charge in [-0.15, -0.1) is 27.8 Å². The third-order valence-corrected chi connectivity index (χ3v) is 8.50. The third kappa shape index (κ3) is 12.2. The molecule has 0 unspecified atom stereocenters. The van der Waals surface area contributed by atoms with Crippen molar-refractivity contribution >= 4 is 48.8 Å². The van der Waals surface area contributed by atoms with Gasteiger partial charge in [-0.25, -0.2) is 5.48 Å². The van der Waals surface area contributed by atoms with Gasteiger partial charge < -0.3 is 9.47 Å². The van der Waals surface area contributed by atoms with Gasteiger partial charge in [-0.3, -0.25) is 4.28 Å². The maximum atomic E-state index is 12.1. The molecule has 10 nitrogen and oxygen atoms in total. The second-order valence-electron chi connectivity index (χ2n) is 7.75. The van der Waals surface area contributed by atoms with Gasteiger partial charge in [0.2, 0.25) is 0 Å². The van der Waals surface area contributed by atoms with Crippen LogP contribution in [0.4, 0.5) is 0 Å². The van der Waals surface area contributed by atoms with Crippen LogP contribution in [0.1, 0.15) is 18.1 Å². The number of rotatable bonds is 17. The molecule has 0 aliphatic heterocycles. The van der Waals surface area contributed by atoms with E-state index in [0.29, 0.717) is 48.0 Å². The zero-order valence-corrected chi connectivity index (χ0v) is 24.7. The minimum absolute atomic E-state index is 0.0475. The van der Waals surface area contributed by atoms with Crippen molar-refractivity contribution in [3.63, 3.8) is 0 Å². The van der Waals surface area contributed by atoms with Gasteiger partial charge in [0.05, 0.1) is 36.4 Å². The summed E-state index contributed by atoms with van der Waals surface area (Å²) in [7, 11) is -7.87. The zero-order chi connectivity index (χ0) is 28.0. The Morgan fingerprint density at radius 3 is 1.79 bits per heavy atom. The number of nitrogens with zero attached hydrogens (tertiary/aromatic N) is 1. The van der Waals surface area contributed by atoms with Gasteiger partial charge >= 0.3 is 20.2 Å². The van der Waals surface area contributed by atoms with E-state index in [1.807, 2.05) is 13.8 Å². The molecule has 0 aliphatic carbocycles. The van der Waals surface area contributed by atoms with Gasteiger partial charge in [0.1, 0.15) is 9.94 Å². The smallest absolute Gasteiger partial charge is 0.358 e. The number of thioether (sulfide) groups is 2. The summed E-state index contributed by atoms with van der Waals surface area (Å²) < 4.78 is 69.0. The summed E-state index contributed by atoms with van der Waals surface area (Å²) in [5.41, 5.74) is 4.23. The Morgan fingerprint density at radius 2 is 1.26 bits per heavy atom. The lowest BCUT2D eigenvalue weighted by Gasteiger charge is -2.10. The predicted molar refractivity (Wildman–Crippen MR) is 151 cm³/mol. The van der Waals surface area contributed by atoms with E-state index in [1.54, 1.807) is 31.2 Å². The molecule has 0 amide bonds. The van der Waals surface area contributed by atoms with Crippen LogP contribution in [0.25, 0.3) is 0 Å². The van der Waals surface area contributed by atoms with Crippen molar-refractivity contribution in [3.8, 4) is 0 Å². The third-order valence-electron chi connectivity index (χ3n) is 4.56. The first-order valence-electron chi connectivity index (χ1n) is 11.4. The van der Waals surface area contributed by atoms with E-state index in [4.69, 9.17) is 18.0 Å². The highest BCUT2D eigenvalue weighted by Gasteiger charge is 2.16. The van der Waals surface area contributed by atoms with Crippen LogP contribution in [0.3, 0.4) is 0 Å². The molecule has 14 heteroatoms. The van der Waals surface area contributed by atoms with Crippen LogP contribution in [-0.2, 0) is 38.3 Å². The number of hydrogen-bond acceptors (Lipinski definition) is 12. The second kappa shape index (κ2) is 16.1. The predicted octanol–water partition coefficient (Wildman–Crippen LogP) is 4.22. The quantitative estimate of drug-likeness (QED) is 0.121. The molecular weight excluding hydrogens is 573 g/mol. The molecule has 0 spiro atoms. The summed E-state index contributed by atoms with van der Waals surface area (Å²) in [6, 6.07) is 12.6. The maximum Gasteiger partial charge on any atom is 0.358 e. The van der Waals surface area contributed by atoms with E-state index >= 15 is 0 Å². The fourth-order valence-electron chi connectivity index (χ4n) is 2.55. The van der Waals surface area contributed by atoms with Crippen molar-refractivity contribution in [3.05, 3.63) is 71.3 Å². The molecule has 38 heavy (non-hydrogen) atoms. The molecule has 0 aliphatic rings. The summed E-state index contributed by atoms with van der Waals surface area (Å²) in [5, 5.41) is 4.47. The molecule has 2 aromatic rings. The molecule has 0 heterocycles. The summed E-state index contributed by atoms with van der Waals surface area (Å²) in [4.78, 5) is 0.100. The Kier molecular flexibility index (Phi) is 13.6. The first kappa shape index (κ1) is 32.1. The molecule has 0 radical (unpaired) electrons. The number of oxime groups is 1. The topological polar surface area (TPSA) is 130 Å². The lowest BCUT2D eigenvalue weighted by molar-refractivity contribution is 0.0605. The van der Waals surface area contributed by atoms with Gasteiger partial charge in [-0.2, -0.15) is 16.8 Å². The molecule has 0 bridgehead atoms. The fourth-order valence-corrected chi connectivity index (χ4v) is 5.33. The summed E-state index contributed by atoms with van der Waals surface area (Å²) in [6.45, 7) is 10.7. The van der Waals surface area contributed by atoms with Crippen LogP contribution >= 0.6 is 23.5 Å². The molecule has 0 aromatic heterocycles. The van der Waals surface area contributed by atoms with Crippen LogP contribution in [0.2, 0.25) is 0 Å². The molecule has 0 atom stereocenters. The van der Waals surface area contributed by atoms with E-state index < -0.39 is 20.2 Å². The first-order valence-corrected chi connectivity index (χ1v) is 16.2. The van der Waals surface area contributed by atoms with Crippen LogP contribution < -0.4 is 5.48 Å². The number of benzene rings is 2. The van der Waals surface area contributed by atoms with Crippen molar-refractivity contribution in [2.45, 2.75) is 30.6 Å². The van der Waals surface area contributed by atoms with Gasteiger partial charge in [0.25, 0.3) is 0 Å². The van der Waals surface area contributed by atoms with E-state index in [0.717, 1.165) is 11.1 Å². The van der Waals surface area contributed by atoms with E-state index in [9.17, 15) is 16.8 Å². The number of hydrogen-bond donors (Lipinski definition) is 1. The number of hydroxylamine groups is 1. The highest BCUT2D eigenvalue weighted by Crippen LogP contribution is 2.16. The Hall–Kier alpha value is -2.07. The number of nitrogens with one attached hydrogen (secondary N) is 1. The molecule has 210 valence electrons. The summed E-state index contributed by atoms with van der Waals surface area (Å²) >= 11 is 2.58. The normalized spacial score (nSPS) is 12.3. The summed E-state index contributed by atoms with van der Waals surface area (Å²) in [6.07, 6.45) is 0.